The lowest BCUT2D eigenvalue weighted by atomic mass is 9.95. The van der Waals surface area contributed by atoms with Crippen molar-refractivity contribution >= 4 is 0 Å². The molecule has 132 valence electrons. The van der Waals surface area contributed by atoms with E-state index in [1.165, 1.54) is 11.6 Å². The van der Waals surface area contributed by atoms with Crippen LogP contribution in [0.2, 0.25) is 0 Å². The third kappa shape index (κ3) is 2.99. The molecule has 1 saturated carbocycles. The molecule has 1 aromatic carbocycles. The summed E-state index contributed by atoms with van der Waals surface area (Å²) < 4.78 is 44.0. The standard InChI is InChI=1S/C19H19F3N2O/c1-25-17-4-2-13(3-5-17)10-24-11-16-7-18(16,12-24)14-6-15(9-23-8-14)19(20,21)22/h2-6,8-9,16H,7,10-12H2,1H3. The minimum absolute atomic E-state index is 0.152. The monoisotopic (exact) mass is 348 g/mol. The maximum absolute atomic E-state index is 13.0. The van der Waals surface area contributed by atoms with Crippen molar-refractivity contribution < 1.29 is 17.9 Å². The predicted molar refractivity (Wildman–Crippen MR) is 87.3 cm³/mol. The molecule has 1 aliphatic carbocycles. The van der Waals surface area contributed by atoms with Gasteiger partial charge in [-0.2, -0.15) is 13.2 Å². The zero-order chi connectivity index (χ0) is 17.7. The van der Waals surface area contributed by atoms with Crippen molar-refractivity contribution in [1.29, 1.82) is 0 Å². The molecule has 2 atom stereocenters. The fourth-order valence-electron chi connectivity index (χ4n) is 4.01. The second kappa shape index (κ2) is 5.73. The number of hydrogen-bond donors (Lipinski definition) is 0. The fraction of sp³-hybridized carbons (Fsp3) is 0.421. The first-order valence-corrected chi connectivity index (χ1v) is 8.29. The van der Waals surface area contributed by atoms with Crippen LogP contribution in [-0.2, 0) is 18.1 Å². The summed E-state index contributed by atoms with van der Waals surface area (Å²) in [5.74, 6) is 1.25. The van der Waals surface area contributed by atoms with Gasteiger partial charge in [-0.05, 0) is 41.7 Å². The third-order valence-electron chi connectivity index (χ3n) is 5.42. The topological polar surface area (TPSA) is 25.4 Å². The molecule has 0 bridgehead atoms. The van der Waals surface area contributed by atoms with E-state index in [9.17, 15) is 13.2 Å². The number of fused-ring (bicyclic) bond motifs is 1. The van der Waals surface area contributed by atoms with Crippen LogP contribution in [-0.4, -0.2) is 30.1 Å². The molecule has 0 N–H and O–H groups in total. The van der Waals surface area contributed by atoms with Crippen LogP contribution < -0.4 is 4.74 Å². The normalized spacial score (nSPS) is 25.7. The minimum atomic E-state index is -4.34. The number of likely N-dealkylation sites (tertiary alicyclic amines) is 1. The van der Waals surface area contributed by atoms with Crippen molar-refractivity contribution in [2.45, 2.75) is 24.6 Å². The van der Waals surface area contributed by atoms with Crippen LogP contribution in [0.5, 0.6) is 5.75 Å². The SMILES string of the molecule is COc1ccc(CN2CC3CC3(c3cncc(C(F)(F)F)c3)C2)cc1. The number of rotatable bonds is 4. The van der Waals surface area contributed by atoms with Crippen LogP contribution in [0.1, 0.15) is 23.1 Å². The van der Waals surface area contributed by atoms with E-state index >= 15 is 0 Å². The summed E-state index contributed by atoms with van der Waals surface area (Å²) in [6.45, 7) is 2.50. The molecule has 0 amide bonds. The number of benzene rings is 1. The summed E-state index contributed by atoms with van der Waals surface area (Å²) in [7, 11) is 1.63. The van der Waals surface area contributed by atoms with Gasteiger partial charge in [-0.25, -0.2) is 0 Å². The maximum atomic E-state index is 13.0. The van der Waals surface area contributed by atoms with Crippen molar-refractivity contribution in [2.24, 2.45) is 5.92 Å². The molecule has 25 heavy (non-hydrogen) atoms. The van der Waals surface area contributed by atoms with Gasteiger partial charge in [-0.1, -0.05) is 12.1 Å². The van der Waals surface area contributed by atoms with Gasteiger partial charge in [-0.3, -0.25) is 9.88 Å². The average Bonchev–Trinajstić information content (AvgIpc) is 3.17. The van der Waals surface area contributed by atoms with E-state index in [1.54, 1.807) is 13.3 Å². The van der Waals surface area contributed by atoms with Crippen molar-refractivity contribution in [3.8, 4) is 5.75 Å². The largest absolute Gasteiger partial charge is 0.497 e. The van der Waals surface area contributed by atoms with Crippen molar-refractivity contribution in [3.05, 3.63) is 59.4 Å². The number of pyridine rings is 1. The number of piperidine rings is 1. The second-order valence-electron chi connectivity index (χ2n) is 7.03. The first-order chi connectivity index (χ1) is 11.9. The highest BCUT2D eigenvalue weighted by molar-refractivity contribution is 5.38. The Morgan fingerprint density at radius 2 is 2.00 bits per heavy atom. The van der Waals surface area contributed by atoms with Crippen LogP contribution in [0.15, 0.2) is 42.7 Å². The number of ether oxygens (including phenoxy) is 1. The highest BCUT2D eigenvalue weighted by Gasteiger charge is 2.60. The van der Waals surface area contributed by atoms with E-state index in [0.29, 0.717) is 5.92 Å². The quantitative estimate of drug-likeness (QED) is 0.838. The molecule has 2 aromatic rings. The van der Waals surface area contributed by atoms with Gasteiger partial charge < -0.3 is 4.74 Å². The maximum Gasteiger partial charge on any atom is 0.417 e. The lowest BCUT2D eigenvalue weighted by Crippen LogP contribution is -2.26. The molecule has 3 nitrogen and oxygen atoms in total. The van der Waals surface area contributed by atoms with Gasteiger partial charge in [0.15, 0.2) is 0 Å². The molecule has 6 heteroatoms. The van der Waals surface area contributed by atoms with E-state index in [1.807, 2.05) is 24.3 Å². The summed E-state index contributed by atoms with van der Waals surface area (Å²) >= 11 is 0. The first-order valence-electron chi connectivity index (χ1n) is 8.29. The summed E-state index contributed by atoms with van der Waals surface area (Å²) in [4.78, 5) is 6.16. The Bertz CT molecular complexity index is 775. The average molecular weight is 348 g/mol. The van der Waals surface area contributed by atoms with Crippen LogP contribution in [0, 0.1) is 5.92 Å². The first kappa shape index (κ1) is 16.4. The minimum Gasteiger partial charge on any atom is -0.497 e. The molecule has 0 spiro atoms. The molecule has 2 fully saturated rings. The molecule has 1 aromatic heterocycles. The highest BCUT2D eigenvalue weighted by atomic mass is 19.4. The Kier molecular flexibility index (Phi) is 3.76. The Labute approximate surface area is 144 Å². The summed E-state index contributed by atoms with van der Waals surface area (Å²) in [6.07, 6.45) is -0.881. The van der Waals surface area contributed by atoms with Gasteiger partial charge in [0.2, 0.25) is 0 Å². The zero-order valence-corrected chi connectivity index (χ0v) is 13.9. The lowest BCUT2D eigenvalue weighted by Gasteiger charge is -2.21. The Morgan fingerprint density at radius 3 is 2.68 bits per heavy atom. The molecule has 2 aliphatic rings. The summed E-state index contributed by atoms with van der Waals surface area (Å²) in [5.41, 5.74) is 1.10. The van der Waals surface area contributed by atoms with Crippen LogP contribution in [0.3, 0.4) is 0 Å². The van der Waals surface area contributed by atoms with Gasteiger partial charge in [-0.15, -0.1) is 0 Å². The molecule has 4 rings (SSSR count). The molecular weight excluding hydrogens is 329 g/mol. The van der Waals surface area contributed by atoms with Gasteiger partial charge >= 0.3 is 6.18 Å². The number of alkyl halides is 3. The van der Waals surface area contributed by atoms with Crippen molar-refractivity contribution in [1.82, 2.24) is 9.88 Å². The van der Waals surface area contributed by atoms with Gasteiger partial charge in [0.05, 0.1) is 12.7 Å². The molecule has 2 heterocycles. The zero-order valence-electron chi connectivity index (χ0n) is 13.9. The smallest absolute Gasteiger partial charge is 0.417 e. The number of nitrogens with zero attached hydrogens (tertiary/aromatic N) is 2. The number of hydrogen-bond acceptors (Lipinski definition) is 3. The molecule has 1 aliphatic heterocycles. The number of halogens is 3. The highest BCUT2D eigenvalue weighted by Crippen LogP contribution is 2.59. The van der Waals surface area contributed by atoms with Crippen molar-refractivity contribution in [2.75, 3.05) is 20.2 Å². The van der Waals surface area contributed by atoms with Crippen LogP contribution in [0.4, 0.5) is 13.2 Å². The van der Waals surface area contributed by atoms with Crippen LogP contribution in [0.25, 0.3) is 0 Å². The molecule has 1 saturated heterocycles. The summed E-state index contributed by atoms with van der Waals surface area (Å²) in [5, 5.41) is 0. The lowest BCUT2D eigenvalue weighted by molar-refractivity contribution is -0.137. The Morgan fingerprint density at radius 1 is 1.24 bits per heavy atom. The van der Waals surface area contributed by atoms with E-state index in [-0.39, 0.29) is 5.41 Å². The molecule has 2 unspecified atom stereocenters. The number of methoxy groups -OCH3 is 1. The second-order valence-corrected chi connectivity index (χ2v) is 7.03. The van der Waals surface area contributed by atoms with Gasteiger partial charge in [0.1, 0.15) is 5.75 Å². The Balaban J connectivity index is 1.48. The van der Waals surface area contributed by atoms with Crippen LogP contribution >= 0.6 is 0 Å². The Hall–Kier alpha value is -2.08. The molecule has 0 radical (unpaired) electrons. The van der Waals surface area contributed by atoms with E-state index in [4.69, 9.17) is 4.74 Å². The summed E-state index contributed by atoms with van der Waals surface area (Å²) in [6, 6.07) is 9.20. The van der Waals surface area contributed by atoms with Gasteiger partial charge in [0, 0.05) is 37.4 Å². The van der Waals surface area contributed by atoms with Crippen molar-refractivity contribution in [3.63, 3.8) is 0 Å². The van der Waals surface area contributed by atoms with E-state index in [0.717, 1.165) is 43.6 Å². The fourth-order valence-corrected chi connectivity index (χ4v) is 4.01. The van der Waals surface area contributed by atoms with E-state index in [2.05, 4.69) is 9.88 Å². The van der Waals surface area contributed by atoms with E-state index < -0.39 is 11.7 Å². The number of aromatic nitrogens is 1. The van der Waals surface area contributed by atoms with Gasteiger partial charge in [0.25, 0.3) is 0 Å². The molecular formula is C19H19F3N2O. The predicted octanol–water partition coefficient (Wildman–Crippen LogP) is 3.88. The third-order valence-corrected chi connectivity index (χ3v) is 5.42.